The number of hydrogen-bond acceptors (Lipinski definition) is 5. The minimum atomic E-state index is 0.259. The molecule has 2 N–H and O–H groups in total. The summed E-state index contributed by atoms with van der Waals surface area (Å²) in [6, 6.07) is 13.4. The van der Waals surface area contributed by atoms with E-state index in [1.807, 2.05) is 49.4 Å². The van der Waals surface area contributed by atoms with Gasteiger partial charge >= 0.3 is 0 Å². The molecule has 2 aromatic carbocycles. The lowest BCUT2D eigenvalue weighted by Crippen LogP contribution is -2.39. The highest BCUT2D eigenvalue weighted by Crippen LogP contribution is 2.34. The average molecular weight is 371 g/mol. The molecule has 27 heavy (non-hydrogen) atoms. The van der Waals surface area contributed by atoms with Gasteiger partial charge in [0.15, 0.2) is 17.5 Å². The largest absolute Gasteiger partial charge is 0.496 e. The van der Waals surface area contributed by atoms with Crippen LogP contribution < -0.4 is 29.6 Å². The van der Waals surface area contributed by atoms with Crippen LogP contribution in [-0.2, 0) is 6.54 Å². The Hall–Kier alpha value is -3.09. The summed E-state index contributed by atoms with van der Waals surface area (Å²) in [6.07, 6.45) is 0. The van der Waals surface area contributed by atoms with Crippen LogP contribution in [-0.4, -0.2) is 39.6 Å². The normalized spacial score (nSPS) is 12.6. The lowest BCUT2D eigenvalue weighted by atomic mass is 10.2. The molecule has 2 aromatic rings. The predicted octanol–water partition coefficient (Wildman–Crippen LogP) is 2.56. The summed E-state index contributed by atoms with van der Waals surface area (Å²) in [5.41, 5.74) is 1.04. The van der Waals surface area contributed by atoms with E-state index < -0.39 is 0 Å². The molecule has 0 aromatic heterocycles. The number of nitrogens with zero attached hydrogens (tertiary/aromatic N) is 1. The van der Waals surface area contributed by atoms with Gasteiger partial charge < -0.3 is 29.6 Å². The minimum absolute atomic E-state index is 0.259. The fraction of sp³-hybridized carbons (Fsp3) is 0.350. The van der Waals surface area contributed by atoms with Crippen molar-refractivity contribution in [2.24, 2.45) is 4.99 Å². The van der Waals surface area contributed by atoms with Gasteiger partial charge in [0.05, 0.1) is 20.2 Å². The van der Waals surface area contributed by atoms with E-state index in [2.05, 4.69) is 15.6 Å². The Labute approximate surface area is 159 Å². The first-order valence-corrected chi connectivity index (χ1v) is 8.96. The molecule has 1 aliphatic heterocycles. The molecule has 144 valence electrons. The molecule has 0 fully saturated rings. The maximum Gasteiger partial charge on any atom is 0.231 e. The van der Waals surface area contributed by atoms with Gasteiger partial charge in [0.25, 0.3) is 0 Å². The number of fused-ring (bicyclic) bond motifs is 1. The zero-order chi connectivity index (χ0) is 18.9. The molecule has 0 amide bonds. The second-order valence-corrected chi connectivity index (χ2v) is 5.80. The fourth-order valence-corrected chi connectivity index (χ4v) is 2.64. The van der Waals surface area contributed by atoms with Gasteiger partial charge in [-0.15, -0.1) is 0 Å². The third-order valence-corrected chi connectivity index (χ3v) is 3.95. The zero-order valence-corrected chi connectivity index (χ0v) is 15.7. The lowest BCUT2D eigenvalue weighted by Gasteiger charge is -2.13. The van der Waals surface area contributed by atoms with Crippen molar-refractivity contribution in [1.29, 1.82) is 0 Å². The van der Waals surface area contributed by atoms with Gasteiger partial charge in [-0.05, 0) is 25.1 Å². The molecular weight excluding hydrogens is 346 g/mol. The highest BCUT2D eigenvalue weighted by atomic mass is 16.7. The maximum absolute atomic E-state index is 5.76. The van der Waals surface area contributed by atoms with E-state index >= 15 is 0 Å². The smallest absolute Gasteiger partial charge is 0.231 e. The van der Waals surface area contributed by atoms with Gasteiger partial charge in [-0.3, -0.25) is 0 Å². The van der Waals surface area contributed by atoms with Crippen LogP contribution >= 0.6 is 0 Å². The number of aliphatic imine (C=N–C) groups is 1. The van der Waals surface area contributed by atoms with Gasteiger partial charge in [0.1, 0.15) is 18.1 Å². The standard InChI is InChI=1S/C20H25N3O4/c1-3-21-20(23-13-15-6-4-5-7-17(15)24-2)22-10-11-25-16-8-9-18-19(12-16)27-14-26-18/h4-9,12H,3,10-11,13-14H2,1-2H3,(H2,21,22,23). The van der Waals surface area contributed by atoms with Crippen molar-refractivity contribution < 1.29 is 18.9 Å². The third-order valence-electron chi connectivity index (χ3n) is 3.95. The van der Waals surface area contributed by atoms with Crippen LogP contribution in [0.4, 0.5) is 0 Å². The molecule has 0 unspecified atom stereocenters. The first kappa shape index (κ1) is 18.7. The number of benzene rings is 2. The molecule has 1 heterocycles. The van der Waals surface area contributed by atoms with E-state index in [1.165, 1.54) is 0 Å². The van der Waals surface area contributed by atoms with Crippen molar-refractivity contribution >= 4 is 5.96 Å². The van der Waals surface area contributed by atoms with Gasteiger partial charge in [0, 0.05) is 18.2 Å². The molecule has 0 bridgehead atoms. The summed E-state index contributed by atoms with van der Waals surface area (Å²) >= 11 is 0. The quantitative estimate of drug-likeness (QED) is 0.422. The maximum atomic E-state index is 5.76. The first-order valence-electron chi connectivity index (χ1n) is 8.96. The number of methoxy groups -OCH3 is 1. The second-order valence-electron chi connectivity index (χ2n) is 5.80. The molecular formula is C20H25N3O4. The van der Waals surface area contributed by atoms with Crippen LogP contribution in [0.2, 0.25) is 0 Å². The topological polar surface area (TPSA) is 73.3 Å². The summed E-state index contributed by atoms with van der Waals surface area (Å²) in [5, 5.41) is 6.50. The Morgan fingerprint density at radius 1 is 1.11 bits per heavy atom. The van der Waals surface area contributed by atoms with E-state index in [0.29, 0.717) is 25.4 Å². The Morgan fingerprint density at radius 2 is 1.96 bits per heavy atom. The van der Waals surface area contributed by atoms with Crippen molar-refractivity contribution in [3.05, 3.63) is 48.0 Å². The molecule has 0 atom stereocenters. The average Bonchev–Trinajstić information content (AvgIpc) is 3.17. The van der Waals surface area contributed by atoms with Crippen LogP contribution in [0.3, 0.4) is 0 Å². The molecule has 0 saturated heterocycles. The SMILES string of the molecule is CCNC(=NCc1ccccc1OC)NCCOc1ccc2c(c1)OCO2. The molecule has 0 radical (unpaired) electrons. The monoisotopic (exact) mass is 371 g/mol. The number of para-hydroxylation sites is 1. The van der Waals surface area contributed by atoms with E-state index in [4.69, 9.17) is 18.9 Å². The highest BCUT2D eigenvalue weighted by molar-refractivity contribution is 5.79. The summed E-state index contributed by atoms with van der Waals surface area (Å²) in [4.78, 5) is 4.61. The summed E-state index contributed by atoms with van der Waals surface area (Å²) in [7, 11) is 1.67. The highest BCUT2D eigenvalue weighted by Gasteiger charge is 2.13. The van der Waals surface area contributed by atoms with Crippen LogP contribution in [0.1, 0.15) is 12.5 Å². The molecule has 1 aliphatic rings. The molecule has 0 saturated carbocycles. The summed E-state index contributed by atoms with van der Waals surface area (Å²) in [5.74, 6) is 3.78. The van der Waals surface area contributed by atoms with Gasteiger partial charge in [-0.2, -0.15) is 0 Å². The van der Waals surface area contributed by atoms with Gasteiger partial charge in [-0.1, -0.05) is 18.2 Å². The van der Waals surface area contributed by atoms with Gasteiger partial charge in [-0.25, -0.2) is 4.99 Å². The van der Waals surface area contributed by atoms with Crippen molar-refractivity contribution in [2.75, 3.05) is 33.6 Å². The van der Waals surface area contributed by atoms with E-state index in [9.17, 15) is 0 Å². The van der Waals surface area contributed by atoms with Crippen LogP contribution in [0.5, 0.6) is 23.0 Å². The van der Waals surface area contributed by atoms with Crippen molar-refractivity contribution in [1.82, 2.24) is 10.6 Å². The van der Waals surface area contributed by atoms with Crippen LogP contribution in [0.25, 0.3) is 0 Å². The number of guanidine groups is 1. The third kappa shape index (κ3) is 5.20. The van der Waals surface area contributed by atoms with Gasteiger partial charge in [0.2, 0.25) is 6.79 Å². The Kier molecular flexibility index (Phi) is 6.62. The summed E-state index contributed by atoms with van der Waals surface area (Å²) < 4.78 is 21.8. The van der Waals surface area contributed by atoms with Crippen molar-refractivity contribution in [3.8, 4) is 23.0 Å². The van der Waals surface area contributed by atoms with Crippen LogP contribution in [0.15, 0.2) is 47.5 Å². The molecule has 0 aliphatic carbocycles. The van der Waals surface area contributed by atoms with E-state index in [0.717, 1.165) is 35.3 Å². The number of rotatable bonds is 8. The Bertz CT molecular complexity index is 780. The van der Waals surface area contributed by atoms with Crippen molar-refractivity contribution in [2.45, 2.75) is 13.5 Å². The predicted molar refractivity (Wildman–Crippen MR) is 104 cm³/mol. The van der Waals surface area contributed by atoms with Crippen molar-refractivity contribution in [3.63, 3.8) is 0 Å². The second kappa shape index (κ2) is 9.56. The Balaban J connectivity index is 1.49. The molecule has 7 nitrogen and oxygen atoms in total. The van der Waals surface area contributed by atoms with E-state index in [-0.39, 0.29) is 6.79 Å². The number of ether oxygens (including phenoxy) is 4. The molecule has 3 rings (SSSR count). The Morgan fingerprint density at radius 3 is 2.81 bits per heavy atom. The molecule has 0 spiro atoms. The number of nitrogens with one attached hydrogen (secondary N) is 2. The van der Waals surface area contributed by atoms with E-state index in [1.54, 1.807) is 7.11 Å². The van der Waals surface area contributed by atoms with Crippen LogP contribution in [0, 0.1) is 0 Å². The lowest BCUT2D eigenvalue weighted by molar-refractivity contribution is 0.173. The fourth-order valence-electron chi connectivity index (χ4n) is 2.64. The molecule has 7 heteroatoms. The number of hydrogen-bond donors (Lipinski definition) is 2. The first-order chi connectivity index (χ1) is 13.3. The minimum Gasteiger partial charge on any atom is -0.496 e. The summed E-state index contributed by atoms with van der Waals surface area (Å²) in [6.45, 7) is 4.71. The zero-order valence-electron chi connectivity index (χ0n) is 15.7.